The Labute approximate surface area is 164 Å². The van der Waals surface area contributed by atoms with Crippen molar-refractivity contribution in [2.75, 3.05) is 46.5 Å². The molecule has 4 unspecified atom stereocenters. The number of hydrogen-bond acceptors (Lipinski definition) is 5. The van der Waals surface area contributed by atoms with E-state index in [1.54, 1.807) is 7.11 Å². The Balaban J connectivity index is 1.68. The van der Waals surface area contributed by atoms with Crippen molar-refractivity contribution in [3.63, 3.8) is 0 Å². The summed E-state index contributed by atoms with van der Waals surface area (Å²) in [7, 11) is 1.74. The first-order valence-corrected chi connectivity index (χ1v) is 10.7. The van der Waals surface area contributed by atoms with Gasteiger partial charge in [0.05, 0.1) is 20.3 Å². The number of ether oxygens (including phenoxy) is 2. The van der Waals surface area contributed by atoms with E-state index in [1.165, 1.54) is 24.8 Å². The number of benzene rings is 1. The minimum atomic E-state index is 0.368. The summed E-state index contributed by atoms with van der Waals surface area (Å²) in [4.78, 5) is 2.54. The fourth-order valence-electron chi connectivity index (χ4n) is 4.82. The fourth-order valence-corrected chi connectivity index (χ4v) is 4.82. The Kier molecular flexibility index (Phi) is 7.94. The second-order valence-corrected chi connectivity index (χ2v) is 7.76. The van der Waals surface area contributed by atoms with Crippen LogP contribution in [-0.2, 0) is 4.74 Å². The van der Waals surface area contributed by atoms with E-state index in [0.717, 1.165) is 45.1 Å². The predicted molar refractivity (Wildman–Crippen MR) is 110 cm³/mol. The molecule has 0 aromatic heterocycles. The second-order valence-electron chi connectivity index (χ2n) is 7.76. The minimum Gasteiger partial charge on any atom is -0.497 e. The quantitative estimate of drug-likeness (QED) is 0.695. The van der Waals surface area contributed by atoms with Crippen molar-refractivity contribution >= 4 is 0 Å². The summed E-state index contributed by atoms with van der Waals surface area (Å²) in [6, 6.07) is 10.00. The summed E-state index contributed by atoms with van der Waals surface area (Å²) in [6.45, 7) is 10.3. The third-order valence-corrected chi connectivity index (χ3v) is 6.34. The van der Waals surface area contributed by atoms with E-state index in [0.29, 0.717) is 24.0 Å². The molecular formula is C22H37N3O2. The molecule has 0 amide bonds. The molecule has 3 rings (SSSR count). The summed E-state index contributed by atoms with van der Waals surface area (Å²) in [5.74, 6) is 1.61. The smallest absolute Gasteiger partial charge is 0.119 e. The van der Waals surface area contributed by atoms with Crippen LogP contribution in [0.1, 0.15) is 44.7 Å². The van der Waals surface area contributed by atoms with Gasteiger partial charge in [0.15, 0.2) is 0 Å². The highest BCUT2D eigenvalue weighted by Gasteiger charge is 2.35. The zero-order valence-electron chi connectivity index (χ0n) is 17.2. The third-order valence-electron chi connectivity index (χ3n) is 6.34. The first-order valence-electron chi connectivity index (χ1n) is 10.7. The lowest BCUT2D eigenvalue weighted by molar-refractivity contribution is 0.0518. The standard InChI is InChI=1S/C22H37N3O2/c1-4-25(5-2)22(17-8-6-9-18(14-17)26-3)15-24-20-11-7-10-19(20)21-16-27-13-12-23-21/h6,8-9,14,19-24H,4-5,7,10-13,15-16H2,1-3H3. The van der Waals surface area contributed by atoms with Gasteiger partial charge in [-0.1, -0.05) is 32.4 Å². The molecular weight excluding hydrogens is 338 g/mol. The molecule has 152 valence electrons. The number of morpholine rings is 1. The summed E-state index contributed by atoms with van der Waals surface area (Å²) < 4.78 is 11.2. The van der Waals surface area contributed by atoms with Crippen LogP contribution in [0.15, 0.2) is 24.3 Å². The van der Waals surface area contributed by atoms with Crippen LogP contribution >= 0.6 is 0 Å². The van der Waals surface area contributed by atoms with E-state index in [9.17, 15) is 0 Å². The number of likely N-dealkylation sites (N-methyl/N-ethyl adjacent to an activating group) is 1. The molecule has 5 heteroatoms. The van der Waals surface area contributed by atoms with Crippen molar-refractivity contribution in [1.82, 2.24) is 15.5 Å². The van der Waals surface area contributed by atoms with Crippen LogP contribution in [0.3, 0.4) is 0 Å². The largest absolute Gasteiger partial charge is 0.497 e. The Morgan fingerprint density at radius 1 is 1.30 bits per heavy atom. The van der Waals surface area contributed by atoms with Gasteiger partial charge in [-0.25, -0.2) is 0 Å². The van der Waals surface area contributed by atoms with Gasteiger partial charge in [-0.3, -0.25) is 4.90 Å². The van der Waals surface area contributed by atoms with Crippen LogP contribution in [0.25, 0.3) is 0 Å². The van der Waals surface area contributed by atoms with Crippen LogP contribution in [0, 0.1) is 5.92 Å². The van der Waals surface area contributed by atoms with E-state index >= 15 is 0 Å². The molecule has 1 aliphatic carbocycles. The maximum Gasteiger partial charge on any atom is 0.119 e. The van der Waals surface area contributed by atoms with Crippen LogP contribution in [0.4, 0.5) is 0 Å². The summed E-state index contributed by atoms with van der Waals surface area (Å²) in [5.41, 5.74) is 1.33. The maximum absolute atomic E-state index is 5.72. The number of rotatable bonds is 9. The van der Waals surface area contributed by atoms with Crippen molar-refractivity contribution < 1.29 is 9.47 Å². The number of nitrogens with zero attached hydrogens (tertiary/aromatic N) is 1. The molecule has 1 aromatic rings. The van der Waals surface area contributed by atoms with E-state index in [-0.39, 0.29) is 0 Å². The Hall–Kier alpha value is -1.14. The van der Waals surface area contributed by atoms with E-state index in [1.807, 2.05) is 6.07 Å². The normalized spacial score (nSPS) is 27.0. The van der Waals surface area contributed by atoms with Crippen molar-refractivity contribution in [2.24, 2.45) is 5.92 Å². The van der Waals surface area contributed by atoms with Crippen LogP contribution in [0.5, 0.6) is 5.75 Å². The van der Waals surface area contributed by atoms with Crippen molar-refractivity contribution in [3.05, 3.63) is 29.8 Å². The lowest BCUT2D eigenvalue weighted by atomic mass is 9.93. The molecule has 2 N–H and O–H groups in total. The molecule has 27 heavy (non-hydrogen) atoms. The molecule has 1 aliphatic heterocycles. The molecule has 1 aromatic carbocycles. The number of nitrogens with one attached hydrogen (secondary N) is 2. The van der Waals surface area contributed by atoms with Gasteiger partial charge in [-0.05, 0) is 49.5 Å². The molecule has 1 saturated heterocycles. The molecule has 0 radical (unpaired) electrons. The predicted octanol–water partition coefficient (Wildman–Crippen LogP) is 2.82. The molecule has 0 spiro atoms. The summed E-state index contributed by atoms with van der Waals surface area (Å²) in [6.07, 6.45) is 3.88. The molecule has 4 atom stereocenters. The molecule has 0 bridgehead atoms. The number of methoxy groups -OCH3 is 1. The summed E-state index contributed by atoms with van der Waals surface area (Å²) in [5, 5.41) is 7.61. The molecule has 1 heterocycles. The second kappa shape index (κ2) is 10.4. The molecule has 2 aliphatic rings. The van der Waals surface area contributed by atoms with Crippen LogP contribution in [-0.4, -0.2) is 63.5 Å². The zero-order chi connectivity index (χ0) is 19.1. The monoisotopic (exact) mass is 375 g/mol. The highest BCUT2D eigenvalue weighted by Crippen LogP contribution is 2.31. The minimum absolute atomic E-state index is 0.368. The highest BCUT2D eigenvalue weighted by molar-refractivity contribution is 5.31. The average Bonchev–Trinajstić information content (AvgIpc) is 3.20. The van der Waals surface area contributed by atoms with Gasteiger partial charge in [0.25, 0.3) is 0 Å². The Morgan fingerprint density at radius 2 is 2.15 bits per heavy atom. The van der Waals surface area contributed by atoms with Crippen LogP contribution < -0.4 is 15.4 Å². The van der Waals surface area contributed by atoms with E-state index < -0.39 is 0 Å². The van der Waals surface area contributed by atoms with Gasteiger partial charge in [-0.2, -0.15) is 0 Å². The zero-order valence-corrected chi connectivity index (χ0v) is 17.2. The van der Waals surface area contributed by atoms with Gasteiger partial charge < -0.3 is 20.1 Å². The van der Waals surface area contributed by atoms with Gasteiger partial charge >= 0.3 is 0 Å². The SMILES string of the molecule is CCN(CC)C(CNC1CCCC1C1COCCN1)c1cccc(OC)c1. The molecule has 5 nitrogen and oxygen atoms in total. The lowest BCUT2D eigenvalue weighted by Crippen LogP contribution is -2.51. The topological polar surface area (TPSA) is 45.8 Å². The van der Waals surface area contributed by atoms with Gasteiger partial charge in [0, 0.05) is 31.2 Å². The first-order chi connectivity index (χ1) is 13.3. The van der Waals surface area contributed by atoms with E-state index in [4.69, 9.17) is 9.47 Å². The third kappa shape index (κ3) is 5.23. The van der Waals surface area contributed by atoms with E-state index in [2.05, 4.69) is 47.6 Å². The maximum atomic E-state index is 5.72. The van der Waals surface area contributed by atoms with Gasteiger partial charge in [0.1, 0.15) is 5.75 Å². The lowest BCUT2D eigenvalue weighted by Gasteiger charge is -2.35. The van der Waals surface area contributed by atoms with Gasteiger partial charge in [-0.15, -0.1) is 0 Å². The number of hydrogen-bond donors (Lipinski definition) is 2. The molecule has 2 fully saturated rings. The highest BCUT2D eigenvalue weighted by atomic mass is 16.5. The van der Waals surface area contributed by atoms with Crippen LogP contribution in [0.2, 0.25) is 0 Å². The Bertz CT molecular complexity index is 558. The fraction of sp³-hybridized carbons (Fsp3) is 0.727. The van der Waals surface area contributed by atoms with Gasteiger partial charge in [0.2, 0.25) is 0 Å². The Morgan fingerprint density at radius 3 is 2.85 bits per heavy atom. The molecule has 1 saturated carbocycles. The summed E-state index contributed by atoms with van der Waals surface area (Å²) >= 11 is 0. The average molecular weight is 376 g/mol. The first kappa shape index (κ1) is 20.6. The van der Waals surface area contributed by atoms with Crippen molar-refractivity contribution in [2.45, 2.75) is 51.2 Å². The van der Waals surface area contributed by atoms with Crippen molar-refractivity contribution in [3.8, 4) is 5.75 Å². The van der Waals surface area contributed by atoms with Crippen molar-refractivity contribution in [1.29, 1.82) is 0 Å².